The van der Waals surface area contributed by atoms with Crippen LogP contribution in [0.1, 0.15) is 20.8 Å². The number of halogens is 1. The molecule has 0 aliphatic heterocycles. The summed E-state index contributed by atoms with van der Waals surface area (Å²) in [5.41, 5.74) is 10.1. The molecule has 4 rings (SSSR count). The number of rotatable bonds is 6. The van der Waals surface area contributed by atoms with E-state index in [1.54, 1.807) is 17.1 Å². The number of aromatic nitrogens is 4. The number of hydrogen-bond donors (Lipinski definition) is 1. The van der Waals surface area contributed by atoms with Crippen molar-refractivity contribution in [3.8, 4) is 17.0 Å². The van der Waals surface area contributed by atoms with Crippen LogP contribution in [0.2, 0.25) is 0 Å². The molecule has 8 heteroatoms. The average molecular weight is 435 g/mol. The van der Waals surface area contributed by atoms with E-state index < -0.39 is 5.60 Å². The number of nitrogens with zero attached hydrogens (tertiary/aromatic N) is 5. The third-order valence-corrected chi connectivity index (χ3v) is 4.78. The number of aryl methyl sites for hydroxylation is 1. The number of fused-ring (bicyclic) bond motifs is 1. The standard InChI is InChI=1S/C24H27FN6O/c1-24(2,3)32-20-10-17(25)9-19(11-20)31(8-7-26)18-5-6-21-22(12-18)29-23(14-27-21)16-13-28-30(4)15-16/h5-6,9-15H,7-8,26H2,1-4H3. The molecule has 4 aromatic rings. The molecule has 32 heavy (non-hydrogen) atoms. The first-order valence-electron chi connectivity index (χ1n) is 10.4. The van der Waals surface area contributed by atoms with Crippen molar-refractivity contribution in [1.82, 2.24) is 19.7 Å². The van der Waals surface area contributed by atoms with E-state index in [0.29, 0.717) is 24.5 Å². The SMILES string of the molecule is Cn1cc(-c2cnc3ccc(N(CCN)c4cc(F)cc(OC(C)(C)C)c4)cc3n2)cn1. The van der Waals surface area contributed by atoms with Crippen molar-refractivity contribution >= 4 is 22.4 Å². The number of hydrogen-bond acceptors (Lipinski definition) is 6. The van der Waals surface area contributed by atoms with Crippen LogP contribution >= 0.6 is 0 Å². The van der Waals surface area contributed by atoms with E-state index in [1.807, 2.05) is 63.2 Å². The molecule has 0 aliphatic carbocycles. The second kappa shape index (κ2) is 8.55. The molecule has 0 fully saturated rings. The van der Waals surface area contributed by atoms with Gasteiger partial charge in [-0.05, 0) is 45.0 Å². The van der Waals surface area contributed by atoms with Crippen LogP contribution in [0.25, 0.3) is 22.3 Å². The third-order valence-electron chi connectivity index (χ3n) is 4.78. The molecule has 0 saturated heterocycles. The largest absolute Gasteiger partial charge is 0.488 e. The van der Waals surface area contributed by atoms with Crippen molar-refractivity contribution in [2.24, 2.45) is 12.8 Å². The number of benzene rings is 2. The van der Waals surface area contributed by atoms with Gasteiger partial charge >= 0.3 is 0 Å². The molecular formula is C24H27FN6O. The van der Waals surface area contributed by atoms with Crippen LogP contribution in [0, 0.1) is 5.82 Å². The molecule has 0 spiro atoms. The van der Waals surface area contributed by atoms with Gasteiger partial charge in [0.05, 0.1) is 29.1 Å². The normalized spacial score (nSPS) is 11.7. The third kappa shape index (κ3) is 4.86. The second-order valence-electron chi connectivity index (χ2n) is 8.63. The zero-order chi connectivity index (χ0) is 22.9. The highest BCUT2D eigenvalue weighted by Crippen LogP contribution is 2.32. The van der Waals surface area contributed by atoms with Crippen LogP contribution in [0.5, 0.6) is 5.75 Å². The fourth-order valence-electron chi connectivity index (χ4n) is 3.51. The molecule has 0 radical (unpaired) electrons. The molecular weight excluding hydrogens is 407 g/mol. The summed E-state index contributed by atoms with van der Waals surface area (Å²) < 4.78 is 22.1. The van der Waals surface area contributed by atoms with Crippen molar-refractivity contribution in [3.05, 3.63) is 60.8 Å². The zero-order valence-electron chi connectivity index (χ0n) is 18.7. The van der Waals surface area contributed by atoms with Gasteiger partial charge < -0.3 is 15.4 Å². The van der Waals surface area contributed by atoms with Crippen LogP contribution in [0.15, 0.2) is 55.0 Å². The van der Waals surface area contributed by atoms with Crippen molar-refractivity contribution < 1.29 is 9.13 Å². The first-order valence-corrected chi connectivity index (χ1v) is 10.4. The quantitative estimate of drug-likeness (QED) is 0.483. The Balaban J connectivity index is 1.75. The molecule has 0 atom stereocenters. The monoisotopic (exact) mass is 434 g/mol. The Morgan fingerprint density at radius 1 is 1.06 bits per heavy atom. The van der Waals surface area contributed by atoms with E-state index in [-0.39, 0.29) is 5.82 Å². The van der Waals surface area contributed by atoms with E-state index in [1.165, 1.54) is 12.1 Å². The van der Waals surface area contributed by atoms with E-state index in [2.05, 4.69) is 10.1 Å². The molecule has 2 N–H and O–H groups in total. The summed E-state index contributed by atoms with van der Waals surface area (Å²) in [5.74, 6) is 0.0946. The van der Waals surface area contributed by atoms with E-state index in [4.69, 9.17) is 15.5 Å². The first kappa shape index (κ1) is 21.7. The van der Waals surface area contributed by atoms with Crippen LogP contribution in [0.3, 0.4) is 0 Å². The summed E-state index contributed by atoms with van der Waals surface area (Å²) in [5, 5.41) is 4.20. The molecule has 166 valence electrons. The number of anilines is 2. The molecule has 0 saturated carbocycles. The van der Waals surface area contributed by atoms with E-state index >= 15 is 0 Å². The summed E-state index contributed by atoms with van der Waals surface area (Å²) in [6, 6.07) is 10.5. The molecule has 7 nitrogen and oxygen atoms in total. The van der Waals surface area contributed by atoms with Crippen LogP contribution in [-0.2, 0) is 7.05 Å². The van der Waals surface area contributed by atoms with Gasteiger partial charge in [-0.2, -0.15) is 5.10 Å². The maximum Gasteiger partial charge on any atom is 0.128 e. The van der Waals surface area contributed by atoms with Gasteiger partial charge in [-0.1, -0.05) is 0 Å². The topological polar surface area (TPSA) is 82.1 Å². The van der Waals surface area contributed by atoms with Crippen molar-refractivity contribution in [2.75, 3.05) is 18.0 Å². The van der Waals surface area contributed by atoms with Crippen LogP contribution in [-0.4, -0.2) is 38.4 Å². The van der Waals surface area contributed by atoms with E-state index in [0.717, 1.165) is 28.0 Å². The number of ether oxygens (including phenoxy) is 1. The highest BCUT2D eigenvalue weighted by molar-refractivity contribution is 5.82. The first-order chi connectivity index (χ1) is 15.2. The van der Waals surface area contributed by atoms with Crippen molar-refractivity contribution in [2.45, 2.75) is 26.4 Å². The summed E-state index contributed by atoms with van der Waals surface area (Å²) in [4.78, 5) is 11.3. The predicted octanol–water partition coefficient (Wildman–Crippen LogP) is 4.44. The van der Waals surface area contributed by atoms with E-state index in [9.17, 15) is 4.39 Å². The van der Waals surface area contributed by atoms with Crippen molar-refractivity contribution in [3.63, 3.8) is 0 Å². The van der Waals surface area contributed by atoms with Gasteiger partial charge in [-0.25, -0.2) is 9.37 Å². The lowest BCUT2D eigenvalue weighted by molar-refractivity contribution is 0.130. The highest BCUT2D eigenvalue weighted by Gasteiger charge is 2.17. The fraction of sp³-hybridized carbons (Fsp3) is 0.292. The Hall–Kier alpha value is -3.52. The summed E-state index contributed by atoms with van der Waals surface area (Å²) in [6.07, 6.45) is 5.38. The lowest BCUT2D eigenvalue weighted by Crippen LogP contribution is -2.26. The molecule has 0 amide bonds. The average Bonchev–Trinajstić information content (AvgIpc) is 3.16. The molecule has 2 aromatic carbocycles. The number of nitrogens with two attached hydrogens (primary N) is 1. The smallest absolute Gasteiger partial charge is 0.128 e. The maximum absolute atomic E-state index is 14.4. The summed E-state index contributed by atoms with van der Waals surface area (Å²) >= 11 is 0. The van der Waals surface area contributed by atoms with Gasteiger partial charge in [0.15, 0.2) is 0 Å². The fourth-order valence-corrected chi connectivity index (χ4v) is 3.51. The lowest BCUT2D eigenvalue weighted by Gasteiger charge is -2.27. The Bertz CT molecular complexity index is 1250. The second-order valence-corrected chi connectivity index (χ2v) is 8.63. The summed E-state index contributed by atoms with van der Waals surface area (Å²) in [7, 11) is 1.86. The molecule has 2 heterocycles. The Morgan fingerprint density at radius 3 is 2.56 bits per heavy atom. The van der Waals surface area contributed by atoms with Gasteiger partial charge in [0.25, 0.3) is 0 Å². The highest BCUT2D eigenvalue weighted by atomic mass is 19.1. The molecule has 0 bridgehead atoms. The van der Waals surface area contributed by atoms with Gasteiger partial charge in [-0.3, -0.25) is 9.67 Å². The van der Waals surface area contributed by atoms with Gasteiger partial charge in [0, 0.05) is 55.4 Å². The van der Waals surface area contributed by atoms with Gasteiger partial charge in [0.1, 0.15) is 17.2 Å². The van der Waals surface area contributed by atoms with Crippen LogP contribution in [0.4, 0.5) is 15.8 Å². The molecule has 0 unspecified atom stereocenters. The lowest BCUT2D eigenvalue weighted by atomic mass is 10.1. The van der Waals surface area contributed by atoms with Gasteiger partial charge in [0.2, 0.25) is 0 Å². The Kier molecular flexibility index (Phi) is 5.80. The predicted molar refractivity (Wildman–Crippen MR) is 125 cm³/mol. The van der Waals surface area contributed by atoms with Crippen LogP contribution < -0.4 is 15.4 Å². The minimum atomic E-state index is -0.439. The van der Waals surface area contributed by atoms with Gasteiger partial charge in [-0.15, -0.1) is 0 Å². The summed E-state index contributed by atoms with van der Waals surface area (Å²) in [6.45, 7) is 6.68. The Labute approximate surface area is 186 Å². The zero-order valence-corrected chi connectivity index (χ0v) is 18.7. The maximum atomic E-state index is 14.4. The van der Waals surface area contributed by atoms with Crippen molar-refractivity contribution in [1.29, 1.82) is 0 Å². The molecule has 2 aromatic heterocycles. The minimum absolute atomic E-state index is 0.372. The minimum Gasteiger partial charge on any atom is -0.488 e. The Morgan fingerprint density at radius 2 is 1.88 bits per heavy atom. The molecule has 0 aliphatic rings.